The first kappa shape index (κ1) is 14.0. The van der Waals surface area contributed by atoms with Crippen molar-refractivity contribution in [1.29, 1.82) is 0 Å². The molecule has 0 atom stereocenters. The number of anilines is 1. The van der Waals surface area contributed by atoms with Crippen LogP contribution < -0.4 is 5.32 Å². The van der Waals surface area contributed by atoms with E-state index in [4.69, 9.17) is 0 Å². The maximum absolute atomic E-state index is 10.7. The molecule has 1 aromatic heterocycles. The van der Waals surface area contributed by atoms with Crippen molar-refractivity contribution in [2.75, 3.05) is 12.4 Å². The molecule has 0 aliphatic carbocycles. The van der Waals surface area contributed by atoms with Gasteiger partial charge in [-0.1, -0.05) is 26.0 Å². The number of nitro groups is 1. The Morgan fingerprint density at radius 1 is 1.25 bits per heavy atom. The Labute approximate surface area is 116 Å². The Balaban J connectivity index is 2.48. The van der Waals surface area contributed by atoms with Crippen molar-refractivity contribution in [3.63, 3.8) is 0 Å². The van der Waals surface area contributed by atoms with Crippen LogP contribution in [-0.2, 0) is 5.41 Å². The molecule has 1 N–H and O–H groups in total. The molecular weight excluding hydrogens is 258 g/mol. The molecule has 7 nitrogen and oxygen atoms in total. The van der Waals surface area contributed by atoms with Gasteiger partial charge in [-0.05, 0) is 12.1 Å². The molecule has 106 valence electrons. The summed E-state index contributed by atoms with van der Waals surface area (Å²) in [5.74, 6) is 0.784. The molecular formula is C13H17N5O2. The molecule has 0 spiro atoms. The zero-order valence-corrected chi connectivity index (χ0v) is 11.9. The molecule has 0 saturated carbocycles. The van der Waals surface area contributed by atoms with Crippen LogP contribution in [-0.4, -0.2) is 27.0 Å². The predicted molar refractivity (Wildman–Crippen MR) is 76.3 cm³/mol. The van der Waals surface area contributed by atoms with Gasteiger partial charge in [-0.15, -0.1) is 5.10 Å². The van der Waals surface area contributed by atoms with Gasteiger partial charge in [0.1, 0.15) is 5.69 Å². The number of aromatic nitrogens is 3. The fourth-order valence-corrected chi connectivity index (χ4v) is 1.91. The van der Waals surface area contributed by atoms with Crippen molar-refractivity contribution in [1.82, 2.24) is 15.0 Å². The van der Waals surface area contributed by atoms with E-state index in [1.165, 1.54) is 12.1 Å². The number of hydrogen-bond acceptors (Lipinski definition) is 5. The van der Waals surface area contributed by atoms with Crippen molar-refractivity contribution in [2.45, 2.75) is 26.2 Å². The van der Waals surface area contributed by atoms with E-state index in [0.29, 0.717) is 0 Å². The van der Waals surface area contributed by atoms with E-state index in [9.17, 15) is 10.1 Å². The molecule has 7 heteroatoms. The van der Waals surface area contributed by atoms with Gasteiger partial charge in [0.05, 0.1) is 10.6 Å². The quantitative estimate of drug-likeness (QED) is 0.687. The SMILES string of the molecule is CNc1c(C(C)(C)C)nnn1-c1ccc([N+](=O)[O-])cc1. The summed E-state index contributed by atoms with van der Waals surface area (Å²) in [6.45, 7) is 6.16. The smallest absolute Gasteiger partial charge is 0.269 e. The van der Waals surface area contributed by atoms with Gasteiger partial charge in [-0.2, -0.15) is 4.68 Å². The first-order valence-corrected chi connectivity index (χ1v) is 6.23. The van der Waals surface area contributed by atoms with E-state index in [1.807, 2.05) is 0 Å². The Morgan fingerprint density at radius 2 is 1.85 bits per heavy atom. The Bertz CT molecular complexity index is 625. The topological polar surface area (TPSA) is 85.9 Å². The lowest BCUT2D eigenvalue weighted by Gasteiger charge is -2.17. The molecule has 2 aromatic rings. The molecule has 0 saturated heterocycles. The Morgan fingerprint density at radius 3 is 2.30 bits per heavy atom. The molecule has 0 amide bonds. The van der Waals surface area contributed by atoms with Crippen LogP contribution in [0.3, 0.4) is 0 Å². The lowest BCUT2D eigenvalue weighted by atomic mass is 9.92. The van der Waals surface area contributed by atoms with Crippen LogP contribution in [0.15, 0.2) is 24.3 Å². The van der Waals surface area contributed by atoms with Gasteiger partial charge in [0.15, 0.2) is 5.82 Å². The van der Waals surface area contributed by atoms with Gasteiger partial charge in [-0.3, -0.25) is 10.1 Å². The maximum atomic E-state index is 10.7. The number of non-ortho nitro benzene ring substituents is 1. The van der Waals surface area contributed by atoms with Gasteiger partial charge in [0.25, 0.3) is 5.69 Å². The van der Waals surface area contributed by atoms with Crippen LogP contribution >= 0.6 is 0 Å². The van der Waals surface area contributed by atoms with Crippen LogP contribution in [0.4, 0.5) is 11.5 Å². The van der Waals surface area contributed by atoms with Crippen molar-refractivity contribution in [3.05, 3.63) is 40.1 Å². The highest BCUT2D eigenvalue weighted by Crippen LogP contribution is 2.29. The van der Waals surface area contributed by atoms with Crippen LogP contribution in [0.1, 0.15) is 26.5 Å². The zero-order chi connectivity index (χ0) is 14.9. The molecule has 0 fully saturated rings. The summed E-state index contributed by atoms with van der Waals surface area (Å²) in [5.41, 5.74) is 1.48. The minimum absolute atomic E-state index is 0.0518. The lowest BCUT2D eigenvalue weighted by Crippen LogP contribution is -2.15. The third-order valence-electron chi connectivity index (χ3n) is 2.92. The summed E-state index contributed by atoms with van der Waals surface area (Å²) >= 11 is 0. The fourth-order valence-electron chi connectivity index (χ4n) is 1.91. The summed E-state index contributed by atoms with van der Waals surface area (Å²) in [7, 11) is 1.80. The number of nitrogens with zero attached hydrogens (tertiary/aromatic N) is 4. The van der Waals surface area contributed by atoms with Crippen molar-refractivity contribution < 1.29 is 4.92 Å². The van der Waals surface area contributed by atoms with Crippen LogP contribution in [0, 0.1) is 10.1 Å². The predicted octanol–water partition coefficient (Wildman–Crippen LogP) is 2.51. The highest BCUT2D eigenvalue weighted by atomic mass is 16.6. The Kier molecular flexibility index (Phi) is 3.44. The summed E-state index contributed by atoms with van der Waals surface area (Å²) in [6, 6.07) is 6.21. The van der Waals surface area contributed by atoms with Crippen LogP contribution in [0.5, 0.6) is 0 Å². The number of nitro benzene ring substituents is 1. The largest absolute Gasteiger partial charge is 0.371 e. The van der Waals surface area contributed by atoms with Crippen molar-refractivity contribution >= 4 is 11.5 Å². The summed E-state index contributed by atoms with van der Waals surface area (Å²) in [6.07, 6.45) is 0. The summed E-state index contributed by atoms with van der Waals surface area (Å²) < 4.78 is 1.64. The highest BCUT2D eigenvalue weighted by Gasteiger charge is 2.24. The van der Waals surface area contributed by atoms with E-state index >= 15 is 0 Å². The third-order valence-corrected chi connectivity index (χ3v) is 2.92. The average Bonchev–Trinajstić information content (AvgIpc) is 2.82. The van der Waals surface area contributed by atoms with E-state index in [1.54, 1.807) is 23.9 Å². The van der Waals surface area contributed by atoms with Gasteiger partial charge in [0.2, 0.25) is 0 Å². The van der Waals surface area contributed by atoms with Crippen molar-refractivity contribution in [3.8, 4) is 5.69 Å². The van der Waals surface area contributed by atoms with E-state index in [-0.39, 0.29) is 11.1 Å². The average molecular weight is 275 g/mol. The first-order valence-electron chi connectivity index (χ1n) is 6.23. The van der Waals surface area contributed by atoms with Crippen LogP contribution in [0.2, 0.25) is 0 Å². The standard InChI is InChI=1S/C13H17N5O2/c1-13(2,3)11-12(14-4)17(16-15-11)9-5-7-10(8-6-9)18(19)20/h5-8,14H,1-4H3. The minimum Gasteiger partial charge on any atom is -0.371 e. The molecule has 20 heavy (non-hydrogen) atoms. The fraction of sp³-hybridized carbons (Fsp3) is 0.385. The molecule has 2 rings (SSSR count). The van der Waals surface area contributed by atoms with Gasteiger partial charge in [0, 0.05) is 24.6 Å². The van der Waals surface area contributed by atoms with E-state index in [0.717, 1.165) is 17.2 Å². The van der Waals surface area contributed by atoms with Gasteiger partial charge >= 0.3 is 0 Å². The Hall–Kier alpha value is -2.44. The normalized spacial score (nSPS) is 11.4. The second-order valence-electron chi connectivity index (χ2n) is 5.47. The van der Waals surface area contributed by atoms with E-state index in [2.05, 4.69) is 36.4 Å². The van der Waals surface area contributed by atoms with Gasteiger partial charge in [-0.25, -0.2) is 0 Å². The number of benzene rings is 1. The molecule has 0 unspecified atom stereocenters. The third kappa shape index (κ3) is 2.47. The van der Waals surface area contributed by atoms with Crippen molar-refractivity contribution in [2.24, 2.45) is 0 Å². The number of hydrogen-bond donors (Lipinski definition) is 1. The molecule has 1 aromatic carbocycles. The zero-order valence-electron chi connectivity index (χ0n) is 11.9. The first-order chi connectivity index (χ1) is 9.34. The lowest BCUT2D eigenvalue weighted by molar-refractivity contribution is -0.384. The number of nitrogens with one attached hydrogen (secondary N) is 1. The summed E-state index contributed by atoms with van der Waals surface area (Å²) in [5, 5.41) is 22.1. The second-order valence-corrected chi connectivity index (χ2v) is 5.47. The minimum atomic E-state index is -0.426. The molecule has 0 aliphatic heterocycles. The number of rotatable bonds is 3. The van der Waals surface area contributed by atoms with Gasteiger partial charge < -0.3 is 5.32 Å². The molecule has 0 radical (unpaired) electrons. The van der Waals surface area contributed by atoms with E-state index < -0.39 is 4.92 Å². The molecule has 0 bridgehead atoms. The second kappa shape index (κ2) is 4.92. The monoisotopic (exact) mass is 275 g/mol. The maximum Gasteiger partial charge on any atom is 0.269 e. The molecule has 1 heterocycles. The highest BCUT2D eigenvalue weighted by molar-refractivity contribution is 5.51. The summed E-state index contributed by atoms with van der Waals surface area (Å²) in [4.78, 5) is 10.2. The van der Waals surface area contributed by atoms with Crippen LogP contribution in [0.25, 0.3) is 5.69 Å². The molecule has 0 aliphatic rings.